The van der Waals surface area contributed by atoms with Crippen molar-refractivity contribution in [1.82, 2.24) is 9.21 Å². The van der Waals surface area contributed by atoms with Crippen molar-refractivity contribution in [3.63, 3.8) is 0 Å². The molecule has 3 atom stereocenters. The smallest absolute Gasteiger partial charge is 0.213 e. The van der Waals surface area contributed by atoms with E-state index in [-0.39, 0.29) is 30.4 Å². The van der Waals surface area contributed by atoms with Crippen molar-refractivity contribution < 1.29 is 13.5 Å². The van der Waals surface area contributed by atoms with Gasteiger partial charge in [0, 0.05) is 31.1 Å². The Morgan fingerprint density at radius 3 is 2.28 bits per heavy atom. The summed E-state index contributed by atoms with van der Waals surface area (Å²) in [6, 6.07) is 19.0. The summed E-state index contributed by atoms with van der Waals surface area (Å²) >= 11 is 0. The molecule has 2 saturated heterocycles. The average molecular weight is 415 g/mol. The SMILES string of the molecule is CCS(=O)(=O)N1CCCCN2[C@H](CO)[C@H](c3ccc(-c4ccccc4)cc3)[C@H]2C1. The van der Waals surface area contributed by atoms with Crippen LogP contribution in [0.2, 0.25) is 0 Å². The lowest BCUT2D eigenvalue weighted by Gasteiger charge is -2.57. The van der Waals surface area contributed by atoms with Crippen molar-refractivity contribution in [3.05, 3.63) is 60.2 Å². The van der Waals surface area contributed by atoms with E-state index in [1.807, 2.05) is 18.2 Å². The van der Waals surface area contributed by atoms with E-state index in [0.717, 1.165) is 19.4 Å². The summed E-state index contributed by atoms with van der Waals surface area (Å²) in [5.41, 5.74) is 3.53. The van der Waals surface area contributed by atoms with Gasteiger partial charge in [-0.1, -0.05) is 54.6 Å². The molecule has 2 aliphatic heterocycles. The Morgan fingerprint density at radius 2 is 1.62 bits per heavy atom. The number of fused-ring (bicyclic) bond motifs is 1. The van der Waals surface area contributed by atoms with Crippen molar-refractivity contribution in [2.24, 2.45) is 0 Å². The predicted molar refractivity (Wildman–Crippen MR) is 116 cm³/mol. The molecule has 0 aromatic heterocycles. The topological polar surface area (TPSA) is 60.9 Å². The van der Waals surface area contributed by atoms with Crippen LogP contribution in [0, 0.1) is 0 Å². The summed E-state index contributed by atoms with van der Waals surface area (Å²) in [6.45, 7) is 3.85. The lowest BCUT2D eigenvalue weighted by Crippen LogP contribution is -2.67. The number of aliphatic hydroxyl groups is 1. The van der Waals surface area contributed by atoms with Gasteiger partial charge in [0.25, 0.3) is 0 Å². The molecule has 0 unspecified atom stereocenters. The van der Waals surface area contributed by atoms with E-state index in [4.69, 9.17) is 0 Å². The first-order valence-corrected chi connectivity index (χ1v) is 12.2. The number of hydrogen-bond acceptors (Lipinski definition) is 4. The van der Waals surface area contributed by atoms with Gasteiger partial charge in [0.2, 0.25) is 10.0 Å². The molecule has 2 aromatic rings. The zero-order chi connectivity index (χ0) is 20.4. The number of hydrogen-bond donors (Lipinski definition) is 1. The Morgan fingerprint density at radius 1 is 0.966 bits per heavy atom. The first kappa shape index (κ1) is 20.5. The number of rotatable bonds is 5. The van der Waals surface area contributed by atoms with Crippen LogP contribution in [-0.4, -0.2) is 66.8 Å². The molecule has 2 aromatic carbocycles. The monoisotopic (exact) mass is 414 g/mol. The van der Waals surface area contributed by atoms with Crippen LogP contribution in [0.25, 0.3) is 11.1 Å². The summed E-state index contributed by atoms with van der Waals surface area (Å²) < 4.78 is 26.8. The van der Waals surface area contributed by atoms with Gasteiger partial charge in [-0.3, -0.25) is 4.90 Å². The Labute approximate surface area is 174 Å². The van der Waals surface area contributed by atoms with Gasteiger partial charge in [-0.15, -0.1) is 0 Å². The minimum atomic E-state index is -3.21. The van der Waals surface area contributed by atoms with Crippen molar-refractivity contribution in [1.29, 1.82) is 0 Å². The molecule has 2 aliphatic rings. The fraction of sp³-hybridized carbons (Fsp3) is 0.478. The zero-order valence-corrected chi connectivity index (χ0v) is 17.8. The highest BCUT2D eigenvalue weighted by Gasteiger charge is 2.49. The van der Waals surface area contributed by atoms with Gasteiger partial charge < -0.3 is 5.11 Å². The highest BCUT2D eigenvalue weighted by molar-refractivity contribution is 7.89. The van der Waals surface area contributed by atoms with Crippen LogP contribution in [0.4, 0.5) is 0 Å². The third kappa shape index (κ3) is 3.99. The largest absolute Gasteiger partial charge is 0.395 e. The molecule has 0 saturated carbocycles. The third-order valence-electron chi connectivity index (χ3n) is 6.49. The zero-order valence-electron chi connectivity index (χ0n) is 16.9. The van der Waals surface area contributed by atoms with Gasteiger partial charge in [0.1, 0.15) is 0 Å². The van der Waals surface area contributed by atoms with Gasteiger partial charge in [-0.2, -0.15) is 0 Å². The third-order valence-corrected chi connectivity index (χ3v) is 8.34. The van der Waals surface area contributed by atoms with E-state index in [0.29, 0.717) is 13.1 Å². The number of sulfonamides is 1. The lowest BCUT2D eigenvalue weighted by molar-refractivity contribution is -0.0553. The molecule has 0 radical (unpaired) electrons. The molecule has 0 bridgehead atoms. The van der Waals surface area contributed by atoms with E-state index in [9.17, 15) is 13.5 Å². The molecule has 6 heteroatoms. The van der Waals surface area contributed by atoms with Gasteiger partial charge in [0.05, 0.1) is 12.4 Å². The molecule has 0 spiro atoms. The molecular formula is C23H30N2O3S. The summed E-state index contributed by atoms with van der Waals surface area (Å²) in [6.07, 6.45) is 1.83. The van der Waals surface area contributed by atoms with Crippen LogP contribution in [0.15, 0.2) is 54.6 Å². The van der Waals surface area contributed by atoms with E-state index in [1.165, 1.54) is 16.7 Å². The van der Waals surface area contributed by atoms with E-state index in [1.54, 1.807) is 11.2 Å². The second-order valence-electron chi connectivity index (χ2n) is 8.03. The van der Waals surface area contributed by atoms with E-state index < -0.39 is 10.0 Å². The minimum Gasteiger partial charge on any atom is -0.395 e. The summed E-state index contributed by atoms with van der Waals surface area (Å²) in [5, 5.41) is 10.0. The Kier molecular flexibility index (Phi) is 6.06. The van der Waals surface area contributed by atoms with Crippen LogP contribution in [0.1, 0.15) is 31.2 Å². The Bertz CT molecular complexity index is 915. The summed E-state index contributed by atoms with van der Waals surface area (Å²) in [5.74, 6) is 0.289. The van der Waals surface area contributed by atoms with Crippen molar-refractivity contribution >= 4 is 10.0 Å². The van der Waals surface area contributed by atoms with Gasteiger partial charge in [0.15, 0.2) is 0 Å². The number of aliphatic hydroxyl groups excluding tert-OH is 1. The van der Waals surface area contributed by atoms with E-state index in [2.05, 4.69) is 41.3 Å². The van der Waals surface area contributed by atoms with Crippen LogP contribution in [0.3, 0.4) is 0 Å². The standard InChI is InChI=1S/C23H30N2O3S/c1-2-29(27,28)24-14-6-7-15-25-21(16-24)23(22(25)17-26)20-12-10-19(11-13-20)18-8-4-3-5-9-18/h3-5,8-13,21-23,26H,2,6-7,14-17H2,1H3/t21-,22-,23-/m1/s1. The maximum absolute atomic E-state index is 12.5. The van der Waals surface area contributed by atoms with Crippen molar-refractivity contribution in [2.45, 2.75) is 37.8 Å². The number of benzene rings is 2. The molecule has 156 valence electrons. The van der Waals surface area contributed by atoms with Crippen LogP contribution >= 0.6 is 0 Å². The van der Waals surface area contributed by atoms with Crippen molar-refractivity contribution in [2.75, 3.05) is 32.0 Å². The highest BCUT2D eigenvalue weighted by Crippen LogP contribution is 2.42. The van der Waals surface area contributed by atoms with Crippen LogP contribution < -0.4 is 0 Å². The van der Waals surface area contributed by atoms with E-state index >= 15 is 0 Å². The molecule has 2 heterocycles. The fourth-order valence-electron chi connectivity index (χ4n) is 4.87. The minimum absolute atomic E-state index is 0.0619. The highest BCUT2D eigenvalue weighted by atomic mass is 32.2. The quantitative estimate of drug-likeness (QED) is 0.817. The van der Waals surface area contributed by atoms with Gasteiger partial charge in [-0.25, -0.2) is 12.7 Å². The molecule has 0 aliphatic carbocycles. The lowest BCUT2D eigenvalue weighted by atomic mass is 9.74. The molecule has 0 amide bonds. The normalized spacial score (nSPS) is 26.2. The first-order valence-electron chi connectivity index (χ1n) is 10.5. The van der Waals surface area contributed by atoms with Crippen LogP contribution in [-0.2, 0) is 10.0 Å². The summed E-state index contributed by atoms with van der Waals surface area (Å²) in [7, 11) is -3.21. The summed E-state index contributed by atoms with van der Waals surface area (Å²) in [4.78, 5) is 2.31. The first-order chi connectivity index (χ1) is 14.0. The second-order valence-corrected chi connectivity index (χ2v) is 10.3. The predicted octanol–water partition coefficient (Wildman–Crippen LogP) is 2.93. The Balaban J connectivity index is 1.60. The molecule has 1 N–H and O–H groups in total. The maximum atomic E-state index is 12.5. The van der Waals surface area contributed by atoms with Crippen molar-refractivity contribution in [3.8, 4) is 11.1 Å². The van der Waals surface area contributed by atoms with Crippen LogP contribution in [0.5, 0.6) is 0 Å². The van der Waals surface area contributed by atoms with Gasteiger partial charge in [-0.05, 0) is 43.0 Å². The number of nitrogens with zero attached hydrogens (tertiary/aromatic N) is 2. The van der Waals surface area contributed by atoms with Gasteiger partial charge >= 0.3 is 0 Å². The molecule has 2 fully saturated rings. The molecule has 29 heavy (non-hydrogen) atoms. The second kappa shape index (κ2) is 8.56. The Hall–Kier alpha value is -1.73. The fourth-order valence-corrected chi connectivity index (χ4v) is 6.02. The molecule has 5 nitrogen and oxygen atoms in total. The molecule has 4 rings (SSSR count). The average Bonchev–Trinajstić information content (AvgIpc) is 2.73. The molecular weight excluding hydrogens is 384 g/mol. The maximum Gasteiger partial charge on any atom is 0.213 e.